The average Bonchev–Trinajstić information content (AvgIpc) is 3.20. The van der Waals surface area contributed by atoms with Crippen LogP contribution in [0.25, 0.3) is 0 Å². The number of hydrogen-bond acceptors (Lipinski definition) is 3. The smallest absolute Gasteiger partial charge is 0.0628 e. The topological polar surface area (TPSA) is 26.7 Å². The Balaban J connectivity index is 1.55. The molecule has 1 saturated heterocycles. The molecule has 1 aliphatic rings. The molecular weight excluding hydrogens is 356 g/mol. The Labute approximate surface area is 174 Å². The Morgan fingerprint density at radius 1 is 0.724 bits per heavy atom. The Kier molecular flexibility index (Phi) is 6.40. The highest BCUT2D eigenvalue weighted by molar-refractivity contribution is 5.20. The second kappa shape index (κ2) is 9.36. The molecular formula is C26H30N2O. The van der Waals surface area contributed by atoms with Crippen LogP contribution in [0.2, 0.25) is 0 Å². The minimum absolute atomic E-state index is 0.179. The first-order valence-electron chi connectivity index (χ1n) is 10.5. The first-order valence-corrected chi connectivity index (χ1v) is 10.5. The van der Waals surface area contributed by atoms with E-state index in [0.717, 1.165) is 39.1 Å². The normalized spacial score (nSPS) is 19.7. The van der Waals surface area contributed by atoms with Crippen LogP contribution in [0.1, 0.15) is 23.1 Å². The van der Waals surface area contributed by atoms with Gasteiger partial charge in [-0.05, 0) is 23.1 Å². The largest absolute Gasteiger partial charge is 0.394 e. The molecule has 3 nitrogen and oxygen atoms in total. The molecule has 0 radical (unpaired) electrons. The fraction of sp³-hybridized carbons (Fsp3) is 0.308. The van der Waals surface area contributed by atoms with Crippen molar-refractivity contribution in [1.82, 2.24) is 9.80 Å². The highest BCUT2D eigenvalue weighted by Crippen LogP contribution is 2.32. The van der Waals surface area contributed by atoms with Gasteiger partial charge in [-0.1, -0.05) is 91.0 Å². The monoisotopic (exact) mass is 386 g/mol. The van der Waals surface area contributed by atoms with Crippen molar-refractivity contribution in [3.8, 4) is 0 Å². The van der Waals surface area contributed by atoms with Crippen LogP contribution in [0.5, 0.6) is 0 Å². The third kappa shape index (κ3) is 4.94. The Bertz CT molecular complexity index is 827. The van der Waals surface area contributed by atoms with Gasteiger partial charge in [0.15, 0.2) is 0 Å². The number of rotatable bonds is 8. The average molecular weight is 387 g/mol. The molecule has 1 atom stereocenters. The van der Waals surface area contributed by atoms with Crippen molar-refractivity contribution >= 4 is 0 Å². The molecule has 0 bridgehead atoms. The SMILES string of the molecule is OC[C@@]1(N(Cc2ccccc2)Cc2ccccc2)CCN(Cc2ccccc2)C1. The number of likely N-dealkylation sites (tertiary alicyclic amines) is 1. The summed E-state index contributed by atoms with van der Waals surface area (Å²) in [5.74, 6) is 0. The Morgan fingerprint density at radius 2 is 1.21 bits per heavy atom. The second-order valence-corrected chi connectivity index (χ2v) is 8.16. The van der Waals surface area contributed by atoms with E-state index in [1.165, 1.54) is 16.7 Å². The first kappa shape index (κ1) is 19.8. The summed E-state index contributed by atoms with van der Waals surface area (Å²) in [6, 6.07) is 31.9. The van der Waals surface area contributed by atoms with E-state index in [-0.39, 0.29) is 12.1 Å². The van der Waals surface area contributed by atoms with E-state index in [0.29, 0.717) is 0 Å². The predicted molar refractivity (Wildman–Crippen MR) is 118 cm³/mol. The van der Waals surface area contributed by atoms with Crippen molar-refractivity contribution in [2.24, 2.45) is 0 Å². The minimum Gasteiger partial charge on any atom is -0.394 e. The molecule has 0 aliphatic carbocycles. The van der Waals surface area contributed by atoms with Crippen LogP contribution >= 0.6 is 0 Å². The van der Waals surface area contributed by atoms with Crippen LogP contribution in [0.3, 0.4) is 0 Å². The number of hydrogen-bond donors (Lipinski definition) is 1. The van der Waals surface area contributed by atoms with Crippen LogP contribution in [0, 0.1) is 0 Å². The summed E-state index contributed by atoms with van der Waals surface area (Å²) in [7, 11) is 0. The molecule has 1 heterocycles. The summed E-state index contributed by atoms with van der Waals surface area (Å²) in [6.45, 7) is 4.70. The van der Waals surface area contributed by atoms with E-state index in [4.69, 9.17) is 0 Å². The fourth-order valence-electron chi connectivity index (χ4n) is 4.40. The van der Waals surface area contributed by atoms with Gasteiger partial charge in [0, 0.05) is 32.7 Å². The number of aliphatic hydroxyl groups is 1. The molecule has 3 aromatic carbocycles. The lowest BCUT2D eigenvalue weighted by atomic mass is 9.95. The van der Waals surface area contributed by atoms with Crippen molar-refractivity contribution in [3.63, 3.8) is 0 Å². The zero-order valence-electron chi connectivity index (χ0n) is 17.0. The van der Waals surface area contributed by atoms with E-state index in [1.54, 1.807) is 0 Å². The summed E-state index contributed by atoms with van der Waals surface area (Å²) >= 11 is 0. The van der Waals surface area contributed by atoms with Crippen LogP contribution < -0.4 is 0 Å². The van der Waals surface area contributed by atoms with E-state index in [2.05, 4.69) is 101 Å². The minimum atomic E-state index is -0.222. The van der Waals surface area contributed by atoms with Crippen molar-refractivity contribution in [2.75, 3.05) is 19.7 Å². The fourth-order valence-corrected chi connectivity index (χ4v) is 4.40. The number of nitrogens with zero attached hydrogens (tertiary/aromatic N) is 2. The Hall–Kier alpha value is -2.46. The maximum Gasteiger partial charge on any atom is 0.0628 e. The van der Waals surface area contributed by atoms with Gasteiger partial charge in [-0.25, -0.2) is 0 Å². The maximum absolute atomic E-state index is 10.6. The Morgan fingerprint density at radius 3 is 1.69 bits per heavy atom. The van der Waals surface area contributed by atoms with Gasteiger partial charge in [0.1, 0.15) is 0 Å². The van der Waals surface area contributed by atoms with Crippen LogP contribution in [0.4, 0.5) is 0 Å². The molecule has 4 rings (SSSR count). The van der Waals surface area contributed by atoms with E-state index in [9.17, 15) is 5.11 Å². The summed E-state index contributed by atoms with van der Waals surface area (Å²) in [5, 5.41) is 10.6. The summed E-state index contributed by atoms with van der Waals surface area (Å²) in [5.41, 5.74) is 3.69. The van der Waals surface area contributed by atoms with Gasteiger partial charge in [-0.2, -0.15) is 0 Å². The molecule has 0 spiro atoms. The third-order valence-corrected chi connectivity index (χ3v) is 6.06. The highest BCUT2D eigenvalue weighted by Gasteiger charge is 2.42. The lowest BCUT2D eigenvalue weighted by Gasteiger charge is -2.40. The first-order chi connectivity index (χ1) is 14.3. The van der Waals surface area contributed by atoms with Crippen molar-refractivity contribution < 1.29 is 5.11 Å². The van der Waals surface area contributed by atoms with Gasteiger partial charge < -0.3 is 5.11 Å². The third-order valence-electron chi connectivity index (χ3n) is 6.06. The van der Waals surface area contributed by atoms with E-state index >= 15 is 0 Å². The number of benzene rings is 3. The van der Waals surface area contributed by atoms with Gasteiger partial charge >= 0.3 is 0 Å². The van der Waals surface area contributed by atoms with Gasteiger partial charge in [0.05, 0.1) is 12.1 Å². The molecule has 1 fully saturated rings. The van der Waals surface area contributed by atoms with E-state index in [1.807, 2.05) is 0 Å². The lowest BCUT2D eigenvalue weighted by Crippen LogP contribution is -2.52. The quantitative estimate of drug-likeness (QED) is 0.624. The standard InChI is InChI=1S/C26H30N2O/c29-22-26(16-17-27(21-26)18-23-10-4-1-5-11-23)28(19-24-12-6-2-7-13-24)20-25-14-8-3-9-15-25/h1-15,29H,16-22H2/t26-/m1/s1. The van der Waals surface area contributed by atoms with Crippen LogP contribution in [-0.4, -0.2) is 40.1 Å². The molecule has 0 aromatic heterocycles. The van der Waals surface area contributed by atoms with Crippen LogP contribution in [0.15, 0.2) is 91.0 Å². The maximum atomic E-state index is 10.6. The van der Waals surface area contributed by atoms with Crippen LogP contribution in [-0.2, 0) is 19.6 Å². The predicted octanol–water partition coefficient (Wildman–Crippen LogP) is 4.33. The zero-order valence-corrected chi connectivity index (χ0v) is 17.0. The highest BCUT2D eigenvalue weighted by atomic mass is 16.3. The van der Waals surface area contributed by atoms with Crippen molar-refractivity contribution in [3.05, 3.63) is 108 Å². The summed E-state index contributed by atoms with van der Waals surface area (Å²) in [4.78, 5) is 4.97. The van der Waals surface area contributed by atoms with E-state index < -0.39 is 0 Å². The molecule has 0 amide bonds. The van der Waals surface area contributed by atoms with Gasteiger partial charge in [0.25, 0.3) is 0 Å². The summed E-state index contributed by atoms with van der Waals surface area (Å²) < 4.78 is 0. The second-order valence-electron chi connectivity index (χ2n) is 8.16. The molecule has 150 valence electrons. The molecule has 29 heavy (non-hydrogen) atoms. The molecule has 1 aliphatic heterocycles. The van der Waals surface area contributed by atoms with Gasteiger partial charge in [0.2, 0.25) is 0 Å². The zero-order chi connectivity index (χ0) is 19.9. The van der Waals surface area contributed by atoms with Gasteiger partial charge in [-0.3, -0.25) is 9.80 Å². The molecule has 0 unspecified atom stereocenters. The number of aliphatic hydroxyl groups excluding tert-OH is 1. The molecule has 0 saturated carbocycles. The molecule has 1 N–H and O–H groups in total. The van der Waals surface area contributed by atoms with Crippen molar-refractivity contribution in [1.29, 1.82) is 0 Å². The van der Waals surface area contributed by atoms with Crippen molar-refractivity contribution in [2.45, 2.75) is 31.6 Å². The molecule has 3 aromatic rings. The summed E-state index contributed by atoms with van der Waals surface area (Å²) in [6.07, 6.45) is 0.982. The molecule has 3 heteroatoms. The van der Waals surface area contributed by atoms with Gasteiger partial charge in [-0.15, -0.1) is 0 Å². The lowest BCUT2D eigenvalue weighted by molar-refractivity contribution is 0.0220.